The molecular formula is C20H22F4O. The molecule has 136 valence electrons. The molecule has 0 aliphatic heterocycles. The van der Waals surface area contributed by atoms with E-state index in [4.69, 9.17) is 4.74 Å². The highest BCUT2D eigenvalue weighted by Gasteiger charge is 2.51. The molecule has 1 fully saturated rings. The molecule has 2 unspecified atom stereocenters. The first kappa shape index (κ1) is 18.2. The molecule has 1 aliphatic carbocycles. The molecule has 1 saturated carbocycles. The van der Waals surface area contributed by atoms with Gasteiger partial charge in [0.1, 0.15) is 11.4 Å². The molecule has 1 aliphatic rings. The predicted molar refractivity (Wildman–Crippen MR) is 89.6 cm³/mol. The maximum atomic E-state index is 15.2. The van der Waals surface area contributed by atoms with E-state index in [1.807, 2.05) is 6.92 Å². The normalized spacial score (nSPS) is 24.6. The van der Waals surface area contributed by atoms with Gasteiger partial charge in [-0.1, -0.05) is 62.6 Å². The van der Waals surface area contributed by atoms with Gasteiger partial charge in [-0.25, -0.2) is 4.39 Å². The Hall–Kier alpha value is -1.62. The highest BCUT2D eigenvalue weighted by atomic mass is 19.4. The summed E-state index contributed by atoms with van der Waals surface area (Å²) in [7, 11) is 0. The SMILES string of the molecule is CCCC1CCCCC1(OC(F)(F)F)c1ccc2ccccc2c1F. The third-order valence-electron chi connectivity index (χ3n) is 5.26. The van der Waals surface area contributed by atoms with Crippen LogP contribution in [0.15, 0.2) is 36.4 Å². The molecular weight excluding hydrogens is 332 g/mol. The highest BCUT2D eigenvalue weighted by molar-refractivity contribution is 5.84. The van der Waals surface area contributed by atoms with Crippen molar-refractivity contribution in [1.82, 2.24) is 0 Å². The van der Waals surface area contributed by atoms with Gasteiger partial charge in [0.2, 0.25) is 0 Å². The molecule has 0 aromatic heterocycles. The Balaban J connectivity index is 2.19. The van der Waals surface area contributed by atoms with Crippen molar-refractivity contribution in [2.24, 2.45) is 5.92 Å². The molecule has 0 saturated heterocycles. The van der Waals surface area contributed by atoms with Crippen LogP contribution in [-0.2, 0) is 10.3 Å². The molecule has 0 heterocycles. The zero-order valence-corrected chi connectivity index (χ0v) is 14.2. The average molecular weight is 354 g/mol. The van der Waals surface area contributed by atoms with Gasteiger partial charge >= 0.3 is 6.36 Å². The van der Waals surface area contributed by atoms with Gasteiger partial charge in [0.15, 0.2) is 0 Å². The standard InChI is InChI=1S/C20H22F4O/c1-2-7-15-9-5-6-13-19(15,25-20(22,23)24)17-12-11-14-8-3-4-10-16(14)18(17)21/h3-4,8,10-12,15H,2,5-7,9,13H2,1H3. The van der Waals surface area contributed by atoms with Crippen molar-refractivity contribution in [3.8, 4) is 0 Å². The Morgan fingerprint density at radius 1 is 1.12 bits per heavy atom. The quantitative estimate of drug-likeness (QED) is 0.555. The van der Waals surface area contributed by atoms with E-state index in [9.17, 15) is 13.2 Å². The van der Waals surface area contributed by atoms with Crippen molar-refractivity contribution in [3.63, 3.8) is 0 Å². The largest absolute Gasteiger partial charge is 0.523 e. The number of halogens is 4. The van der Waals surface area contributed by atoms with E-state index in [0.717, 1.165) is 12.8 Å². The van der Waals surface area contributed by atoms with Crippen LogP contribution in [0, 0.1) is 11.7 Å². The second-order valence-corrected chi connectivity index (χ2v) is 6.82. The van der Waals surface area contributed by atoms with Gasteiger partial charge in [0, 0.05) is 10.9 Å². The molecule has 2 aromatic carbocycles. The van der Waals surface area contributed by atoms with Crippen molar-refractivity contribution in [1.29, 1.82) is 0 Å². The molecule has 2 atom stereocenters. The number of hydrogen-bond donors (Lipinski definition) is 0. The Kier molecular flexibility index (Phi) is 5.05. The monoisotopic (exact) mass is 354 g/mol. The molecule has 1 nitrogen and oxygen atoms in total. The topological polar surface area (TPSA) is 9.23 Å². The minimum absolute atomic E-state index is 0.0432. The number of rotatable bonds is 4. The van der Waals surface area contributed by atoms with Crippen LogP contribution in [0.25, 0.3) is 10.8 Å². The lowest BCUT2D eigenvalue weighted by Crippen LogP contribution is -2.45. The predicted octanol–water partition coefficient (Wildman–Crippen LogP) is 6.70. The van der Waals surface area contributed by atoms with E-state index in [-0.39, 0.29) is 17.9 Å². The van der Waals surface area contributed by atoms with Crippen LogP contribution in [0.4, 0.5) is 17.6 Å². The van der Waals surface area contributed by atoms with Gasteiger partial charge in [-0.2, -0.15) is 0 Å². The fourth-order valence-corrected chi connectivity index (χ4v) is 4.25. The summed E-state index contributed by atoms with van der Waals surface area (Å²) in [5.41, 5.74) is -1.60. The van der Waals surface area contributed by atoms with Crippen LogP contribution < -0.4 is 0 Å². The van der Waals surface area contributed by atoms with Crippen LogP contribution >= 0.6 is 0 Å². The van der Waals surface area contributed by atoms with E-state index >= 15 is 4.39 Å². The molecule has 25 heavy (non-hydrogen) atoms. The van der Waals surface area contributed by atoms with Crippen molar-refractivity contribution >= 4 is 10.8 Å². The molecule has 3 rings (SSSR count). The molecule has 2 aromatic rings. The van der Waals surface area contributed by atoms with Crippen molar-refractivity contribution < 1.29 is 22.3 Å². The van der Waals surface area contributed by atoms with Crippen molar-refractivity contribution in [3.05, 3.63) is 47.8 Å². The Morgan fingerprint density at radius 2 is 1.88 bits per heavy atom. The minimum Gasteiger partial charge on any atom is -0.280 e. The van der Waals surface area contributed by atoms with E-state index in [0.29, 0.717) is 30.0 Å². The first-order chi connectivity index (χ1) is 11.9. The van der Waals surface area contributed by atoms with Gasteiger partial charge < -0.3 is 0 Å². The number of alkyl halides is 3. The first-order valence-electron chi connectivity index (χ1n) is 8.82. The molecule has 0 radical (unpaired) electrons. The van der Waals surface area contributed by atoms with Crippen LogP contribution in [0.5, 0.6) is 0 Å². The fourth-order valence-electron chi connectivity index (χ4n) is 4.25. The molecule has 0 bridgehead atoms. The Morgan fingerprint density at radius 3 is 2.60 bits per heavy atom. The number of benzene rings is 2. The smallest absolute Gasteiger partial charge is 0.280 e. The van der Waals surface area contributed by atoms with Gasteiger partial charge in [-0.3, -0.25) is 4.74 Å². The highest BCUT2D eigenvalue weighted by Crippen LogP contribution is 2.51. The summed E-state index contributed by atoms with van der Waals surface area (Å²) in [5.74, 6) is -0.936. The zero-order chi connectivity index (χ0) is 18.1. The lowest BCUT2D eigenvalue weighted by atomic mass is 9.69. The molecule has 0 amide bonds. The van der Waals surface area contributed by atoms with Crippen molar-refractivity contribution in [2.75, 3.05) is 0 Å². The Bertz CT molecular complexity index is 738. The summed E-state index contributed by atoms with van der Waals surface area (Å²) in [6.45, 7) is 1.93. The van der Waals surface area contributed by atoms with Gasteiger partial charge in [-0.15, -0.1) is 13.2 Å². The molecule has 0 N–H and O–H groups in total. The third-order valence-corrected chi connectivity index (χ3v) is 5.26. The van der Waals surface area contributed by atoms with Crippen LogP contribution in [0.2, 0.25) is 0 Å². The van der Waals surface area contributed by atoms with Crippen LogP contribution in [0.1, 0.15) is 51.0 Å². The number of hydrogen-bond acceptors (Lipinski definition) is 1. The summed E-state index contributed by atoms with van der Waals surface area (Å²) in [4.78, 5) is 0. The summed E-state index contributed by atoms with van der Waals surface area (Å²) >= 11 is 0. The summed E-state index contributed by atoms with van der Waals surface area (Å²) in [6, 6.07) is 10.0. The second kappa shape index (κ2) is 6.94. The van der Waals surface area contributed by atoms with E-state index < -0.39 is 17.8 Å². The molecule has 5 heteroatoms. The maximum Gasteiger partial charge on any atom is 0.523 e. The van der Waals surface area contributed by atoms with Gasteiger partial charge in [0.05, 0.1) is 0 Å². The van der Waals surface area contributed by atoms with E-state index in [1.54, 1.807) is 30.3 Å². The van der Waals surface area contributed by atoms with Gasteiger partial charge in [0.25, 0.3) is 0 Å². The zero-order valence-electron chi connectivity index (χ0n) is 14.2. The third kappa shape index (κ3) is 3.52. The van der Waals surface area contributed by atoms with E-state index in [2.05, 4.69) is 0 Å². The second-order valence-electron chi connectivity index (χ2n) is 6.82. The van der Waals surface area contributed by atoms with Crippen LogP contribution in [-0.4, -0.2) is 6.36 Å². The number of ether oxygens (including phenoxy) is 1. The van der Waals surface area contributed by atoms with Crippen molar-refractivity contribution in [2.45, 2.75) is 57.4 Å². The lowest BCUT2D eigenvalue weighted by molar-refractivity contribution is -0.384. The fraction of sp³-hybridized carbons (Fsp3) is 0.500. The Labute approximate surface area is 145 Å². The van der Waals surface area contributed by atoms with Gasteiger partial charge in [-0.05, 0) is 30.6 Å². The maximum absolute atomic E-state index is 15.2. The first-order valence-corrected chi connectivity index (χ1v) is 8.82. The average Bonchev–Trinajstić information content (AvgIpc) is 2.56. The summed E-state index contributed by atoms with van der Waals surface area (Å²) in [5, 5.41) is 1.01. The number of fused-ring (bicyclic) bond motifs is 1. The lowest BCUT2D eigenvalue weighted by Gasteiger charge is -2.44. The summed E-state index contributed by atoms with van der Waals surface area (Å²) in [6.07, 6.45) is -1.22. The minimum atomic E-state index is -4.80. The summed E-state index contributed by atoms with van der Waals surface area (Å²) < 4.78 is 59.8. The molecule has 0 spiro atoms. The van der Waals surface area contributed by atoms with E-state index in [1.165, 1.54) is 6.07 Å². The van der Waals surface area contributed by atoms with Crippen LogP contribution in [0.3, 0.4) is 0 Å².